The molecule has 0 amide bonds. The van der Waals surface area contributed by atoms with Crippen LogP contribution >= 0.6 is 0 Å². The summed E-state index contributed by atoms with van der Waals surface area (Å²) in [5, 5.41) is 3.73. The molecule has 1 saturated heterocycles. The number of likely N-dealkylation sites (tertiary alicyclic amines) is 1. The van der Waals surface area contributed by atoms with Crippen LogP contribution in [0.2, 0.25) is 0 Å². The molecule has 1 aromatic rings. The minimum atomic E-state index is 0.230. The normalized spacial score (nSPS) is 21.6. The van der Waals surface area contributed by atoms with Gasteiger partial charge in [0, 0.05) is 11.6 Å². The molecule has 1 aliphatic heterocycles. The third kappa shape index (κ3) is 3.44. The van der Waals surface area contributed by atoms with Gasteiger partial charge in [-0.1, -0.05) is 20.3 Å². The van der Waals surface area contributed by atoms with Crippen LogP contribution in [0.1, 0.15) is 52.0 Å². The summed E-state index contributed by atoms with van der Waals surface area (Å²) in [6, 6.07) is 2.57. The zero-order valence-corrected chi connectivity index (χ0v) is 13.3. The van der Waals surface area contributed by atoms with Gasteiger partial charge in [-0.3, -0.25) is 4.90 Å². The zero-order chi connectivity index (χ0) is 14.4. The molecule has 1 N–H and O–H groups in total. The molecule has 0 spiro atoms. The molecule has 1 fully saturated rings. The van der Waals surface area contributed by atoms with Crippen molar-refractivity contribution >= 4 is 0 Å². The molecular formula is C17H30N2O. The predicted molar refractivity (Wildman–Crippen MR) is 84.0 cm³/mol. The third-order valence-electron chi connectivity index (χ3n) is 5.02. The Kier molecular flexibility index (Phi) is 5.67. The number of likely N-dealkylation sites (N-methyl/N-ethyl adjacent to an activating group) is 1. The fourth-order valence-electron chi connectivity index (χ4n) is 3.50. The molecule has 0 aliphatic carbocycles. The summed E-state index contributed by atoms with van der Waals surface area (Å²) >= 11 is 0. The molecule has 2 atom stereocenters. The van der Waals surface area contributed by atoms with Gasteiger partial charge in [-0.2, -0.15) is 0 Å². The van der Waals surface area contributed by atoms with Gasteiger partial charge in [-0.25, -0.2) is 0 Å². The summed E-state index contributed by atoms with van der Waals surface area (Å²) < 4.78 is 5.24. The van der Waals surface area contributed by atoms with Gasteiger partial charge >= 0.3 is 0 Å². The molecular weight excluding hydrogens is 248 g/mol. The van der Waals surface area contributed by atoms with E-state index in [9.17, 15) is 0 Å². The molecule has 3 nitrogen and oxygen atoms in total. The summed E-state index contributed by atoms with van der Waals surface area (Å²) in [6.07, 6.45) is 9.98. The minimum Gasteiger partial charge on any atom is -0.472 e. The SMILES string of the molecule is CCNC(Cc1ccoc1)C(C)(CC)N1CCCCC1. The van der Waals surface area contributed by atoms with Crippen LogP contribution in [-0.2, 0) is 6.42 Å². The Morgan fingerprint density at radius 1 is 1.30 bits per heavy atom. The smallest absolute Gasteiger partial charge is 0.0935 e. The number of nitrogens with one attached hydrogen (secondary N) is 1. The first-order chi connectivity index (χ1) is 9.70. The van der Waals surface area contributed by atoms with E-state index in [-0.39, 0.29) is 5.54 Å². The molecule has 114 valence electrons. The highest BCUT2D eigenvalue weighted by Crippen LogP contribution is 2.29. The molecule has 3 heteroatoms. The van der Waals surface area contributed by atoms with Crippen LogP contribution in [0.25, 0.3) is 0 Å². The van der Waals surface area contributed by atoms with Crippen molar-refractivity contribution in [3.05, 3.63) is 24.2 Å². The number of piperidine rings is 1. The minimum absolute atomic E-state index is 0.230. The second kappa shape index (κ2) is 7.28. The van der Waals surface area contributed by atoms with E-state index in [0.29, 0.717) is 6.04 Å². The van der Waals surface area contributed by atoms with Gasteiger partial charge < -0.3 is 9.73 Å². The summed E-state index contributed by atoms with van der Waals surface area (Å²) in [5.41, 5.74) is 1.53. The summed E-state index contributed by atoms with van der Waals surface area (Å²) in [7, 11) is 0. The maximum absolute atomic E-state index is 5.24. The molecule has 0 aromatic carbocycles. The second-order valence-corrected chi connectivity index (χ2v) is 6.20. The number of rotatable bonds is 7. The average Bonchev–Trinajstić information content (AvgIpc) is 3.00. The Hall–Kier alpha value is -0.800. The average molecular weight is 278 g/mol. The van der Waals surface area contributed by atoms with Crippen molar-refractivity contribution in [2.24, 2.45) is 0 Å². The fourth-order valence-corrected chi connectivity index (χ4v) is 3.50. The summed E-state index contributed by atoms with van der Waals surface area (Å²) in [5.74, 6) is 0. The first kappa shape index (κ1) is 15.6. The van der Waals surface area contributed by atoms with Gasteiger partial charge in [0.25, 0.3) is 0 Å². The molecule has 0 bridgehead atoms. The highest BCUT2D eigenvalue weighted by molar-refractivity contribution is 5.11. The van der Waals surface area contributed by atoms with E-state index in [1.165, 1.54) is 44.3 Å². The lowest BCUT2D eigenvalue weighted by Crippen LogP contribution is -2.61. The Balaban J connectivity index is 2.13. The summed E-state index contributed by atoms with van der Waals surface area (Å²) in [6.45, 7) is 10.5. The van der Waals surface area contributed by atoms with Crippen molar-refractivity contribution in [1.29, 1.82) is 0 Å². The Morgan fingerprint density at radius 3 is 2.60 bits per heavy atom. The molecule has 2 heterocycles. The lowest BCUT2D eigenvalue weighted by molar-refractivity contribution is 0.0434. The molecule has 2 rings (SSSR count). The number of furan rings is 1. The third-order valence-corrected chi connectivity index (χ3v) is 5.02. The molecule has 1 aliphatic rings. The number of nitrogens with zero attached hydrogens (tertiary/aromatic N) is 1. The quantitative estimate of drug-likeness (QED) is 0.828. The van der Waals surface area contributed by atoms with Gasteiger partial charge in [0.15, 0.2) is 0 Å². The predicted octanol–water partition coefficient (Wildman–Crippen LogP) is 3.45. The van der Waals surface area contributed by atoms with Crippen molar-refractivity contribution in [3.63, 3.8) is 0 Å². The van der Waals surface area contributed by atoms with Crippen LogP contribution in [0.5, 0.6) is 0 Å². The van der Waals surface area contributed by atoms with Crippen LogP contribution in [-0.4, -0.2) is 36.1 Å². The van der Waals surface area contributed by atoms with Crippen LogP contribution in [0, 0.1) is 0 Å². The first-order valence-electron chi connectivity index (χ1n) is 8.20. The van der Waals surface area contributed by atoms with Gasteiger partial charge in [0.05, 0.1) is 12.5 Å². The topological polar surface area (TPSA) is 28.4 Å². The second-order valence-electron chi connectivity index (χ2n) is 6.20. The molecule has 20 heavy (non-hydrogen) atoms. The van der Waals surface area contributed by atoms with E-state index < -0.39 is 0 Å². The molecule has 1 aromatic heterocycles. The Morgan fingerprint density at radius 2 is 2.05 bits per heavy atom. The fraction of sp³-hybridized carbons (Fsp3) is 0.765. The van der Waals surface area contributed by atoms with Crippen molar-refractivity contribution in [2.45, 2.75) is 64.5 Å². The maximum atomic E-state index is 5.24. The van der Waals surface area contributed by atoms with Crippen LogP contribution in [0.4, 0.5) is 0 Å². The summed E-state index contributed by atoms with van der Waals surface area (Å²) in [4.78, 5) is 2.71. The van der Waals surface area contributed by atoms with Crippen molar-refractivity contribution < 1.29 is 4.42 Å². The van der Waals surface area contributed by atoms with Gasteiger partial charge in [0.2, 0.25) is 0 Å². The van der Waals surface area contributed by atoms with Crippen LogP contribution in [0.15, 0.2) is 23.0 Å². The lowest BCUT2D eigenvalue weighted by atomic mass is 9.82. The van der Waals surface area contributed by atoms with E-state index in [0.717, 1.165) is 13.0 Å². The van der Waals surface area contributed by atoms with Crippen LogP contribution in [0.3, 0.4) is 0 Å². The van der Waals surface area contributed by atoms with Crippen LogP contribution < -0.4 is 5.32 Å². The zero-order valence-electron chi connectivity index (χ0n) is 13.3. The van der Waals surface area contributed by atoms with Gasteiger partial charge in [-0.05, 0) is 63.9 Å². The van der Waals surface area contributed by atoms with E-state index in [2.05, 4.69) is 37.1 Å². The lowest BCUT2D eigenvalue weighted by Gasteiger charge is -2.48. The molecule has 0 saturated carbocycles. The number of hydrogen-bond donors (Lipinski definition) is 1. The van der Waals surface area contributed by atoms with Gasteiger partial charge in [0.1, 0.15) is 0 Å². The van der Waals surface area contributed by atoms with Crippen molar-refractivity contribution in [3.8, 4) is 0 Å². The van der Waals surface area contributed by atoms with E-state index in [1.54, 1.807) is 6.26 Å². The van der Waals surface area contributed by atoms with Crippen molar-refractivity contribution in [1.82, 2.24) is 10.2 Å². The Labute approximate surface area is 123 Å². The first-order valence-corrected chi connectivity index (χ1v) is 8.20. The maximum Gasteiger partial charge on any atom is 0.0935 e. The van der Waals surface area contributed by atoms with Gasteiger partial charge in [-0.15, -0.1) is 0 Å². The highest BCUT2D eigenvalue weighted by Gasteiger charge is 2.38. The highest BCUT2D eigenvalue weighted by atomic mass is 16.3. The molecule has 2 unspecified atom stereocenters. The van der Waals surface area contributed by atoms with E-state index in [4.69, 9.17) is 4.42 Å². The van der Waals surface area contributed by atoms with E-state index in [1.807, 2.05) is 6.26 Å². The largest absolute Gasteiger partial charge is 0.472 e. The Bertz CT molecular complexity index is 370. The monoisotopic (exact) mass is 278 g/mol. The number of hydrogen-bond acceptors (Lipinski definition) is 3. The van der Waals surface area contributed by atoms with E-state index >= 15 is 0 Å². The van der Waals surface area contributed by atoms with Crippen molar-refractivity contribution in [2.75, 3.05) is 19.6 Å². The molecule has 0 radical (unpaired) electrons. The standard InChI is InChI=1S/C17H30N2O/c1-4-17(3,19-10-7-6-8-11-19)16(18-5-2)13-15-9-12-20-14-15/h9,12,14,16,18H,4-8,10-11,13H2,1-3H3.